The number of nitrogens with zero attached hydrogens (tertiary/aromatic N) is 3. The highest BCUT2D eigenvalue weighted by atomic mass is 19.1. The number of aromatic nitrogens is 2. The minimum absolute atomic E-state index is 0.128. The van der Waals surface area contributed by atoms with Crippen molar-refractivity contribution in [3.63, 3.8) is 0 Å². The van der Waals surface area contributed by atoms with Gasteiger partial charge in [-0.1, -0.05) is 18.2 Å². The zero-order valence-electron chi connectivity index (χ0n) is 11.8. The van der Waals surface area contributed by atoms with Crippen molar-refractivity contribution in [1.82, 2.24) is 14.9 Å². The number of halogens is 1. The van der Waals surface area contributed by atoms with Gasteiger partial charge in [-0.15, -0.1) is 0 Å². The quantitative estimate of drug-likeness (QED) is 0.847. The molecule has 3 rings (SSSR count). The van der Waals surface area contributed by atoms with Crippen LogP contribution in [0.1, 0.15) is 12.0 Å². The first-order valence-corrected chi connectivity index (χ1v) is 7.16. The number of benzene rings is 1. The molecule has 21 heavy (non-hydrogen) atoms. The number of hydrogen-bond donors (Lipinski definition) is 0. The maximum absolute atomic E-state index is 13.6. The van der Waals surface area contributed by atoms with Crippen molar-refractivity contribution in [3.8, 4) is 5.88 Å². The summed E-state index contributed by atoms with van der Waals surface area (Å²) in [4.78, 5) is 10.3. The average Bonchev–Trinajstić information content (AvgIpc) is 2.96. The molecule has 1 saturated heterocycles. The maximum atomic E-state index is 13.6. The molecular formula is C16H18FN3O. The topological polar surface area (TPSA) is 38.2 Å². The third-order valence-corrected chi connectivity index (χ3v) is 3.73. The molecule has 0 N–H and O–H groups in total. The molecule has 0 amide bonds. The van der Waals surface area contributed by atoms with E-state index in [2.05, 4.69) is 14.9 Å². The van der Waals surface area contributed by atoms with E-state index in [1.165, 1.54) is 6.07 Å². The predicted octanol–water partition coefficient (Wildman–Crippen LogP) is 2.52. The molecule has 1 fully saturated rings. The fourth-order valence-corrected chi connectivity index (χ4v) is 2.62. The Morgan fingerprint density at radius 2 is 2.19 bits per heavy atom. The summed E-state index contributed by atoms with van der Waals surface area (Å²) in [5, 5.41) is 0. The van der Waals surface area contributed by atoms with Gasteiger partial charge in [0.05, 0.1) is 12.8 Å². The van der Waals surface area contributed by atoms with Gasteiger partial charge in [0, 0.05) is 37.0 Å². The highest BCUT2D eigenvalue weighted by Gasteiger charge is 2.23. The van der Waals surface area contributed by atoms with Gasteiger partial charge in [0.25, 0.3) is 0 Å². The minimum atomic E-state index is -0.128. The van der Waals surface area contributed by atoms with Crippen LogP contribution in [0.2, 0.25) is 0 Å². The first kappa shape index (κ1) is 13.9. The van der Waals surface area contributed by atoms with E-state index in [1.54, 1.807) is 24.7 Å². The lowest BCUT2D eigenvalue weighted by Gasteiger charge is -2.16. The van der Waals surface area contributed by atoms with Crippen LogP contribution in [0.15, 0.2) is 42.9 Å². The van der Waals surface area contributed by atoms with E-state index in [-0.39, 0.29) is 5.82 Å². The van der Waals surface area contributed by atoms with Crippen LogP contribution < -0.4 is 4.74 Å². The largest absolute Gasteiger partial charge is 0.476 e. The lowest BCUT2D eigenvalue weighted by molar-refractivity contribution is 0.230. The van der Waals surface area contributed by atoms with E-state index in [4.69, 9.17) is 4.74 Å². The van der Waals surface area contributed by atoms with Crippen molar-refractivity contribution >= 4 is 0 Å². The molecule has 2 heterocycles. The highest BCUT2D eigenvalue weighted by molar-refractivity contribution is 5.17. The fraction of sp³-hybridized carbons (Fsp3) is 0.375. The van der Waals surface area contributed by atoms with Crippen molar-refractivity contribution in [3.05, 3.63) is 54.2 Å². The number of ether oxygens (including phenoxy) is 1. The lowest BCUT2D eigenvalue weighted by Crippen LogP contribution is -2.22. The molecule has 4 nitrogen and oxygen atoms in total. The summed E-state index contributed by atoms with van der Waals surface area (Å²) in [6.45, 7) is 3.19. The smallest absolute Gasteiger partial charge is 0.232 e. The molecule has 5 heteroatoms. The fourth-order valence-electron chi connectivity index (χ4n) is 2.62. The van der Waals surface area contributed by atoms with Crippen LogP contribution in [0.4, 0.5) is 4.39 Å². The summed E-state index contributed by atoms with van der Waals surface area (Å²) in [5.74, 6) is 0.889. The van der Waals surface area contributed by atoms with E-state index in [1.807, 2.05) is 12.1 Å². The van der Waals surface area contributed by atoms with Crippen LogP contribution in [0, 0.1) is 11.7 Å². The molecule has 1 atom stereocenters. The number of rotatable bonds is 5. The van der Waals surface area contributed by atoms with Gasteiger partial charge < -0.3 is 4.74 Å². The Morgan fingerprint density at radius 1 is 1.29 bits per heavy atom. The monoisotopic (exact) mass is 287 g/mol. The first-order valence-electron chi connectivity index (χ1n) is 7.16. The molecular weight excluding hydrogens is 269 g/mol. The van der Waals surface area contributed by atoms with Gasteiger partial charge in [0.15, 0.2) is 0 Å². The number of likely N-dealkylation sites (tertiary alicyclic amines) is 1. The predicted molar refractivity (Wildman–Crippen MR) is 77.3 cm³/mol. The van der Waals surface area contributed by atoms with Gasteiger partial charge in [-0.3, -0.25) is 9.88 Å². The lowest BCUT2D eigenvalue weighted by atomic mass is 10.1. The molecule has 1 unspecified atom stereocenters. The van der Waals surface area contributed by atoms with Crippen molar-refractivity contribution in [2.24, 2.45) is 5.92 Å². The Hall–Kier alpha value is -2.01. The molecule has 1 aliphatic rings. The van der Waals surface area contributed by atoms with Crippen molar-refractivity contribution in [2.75, 3.05) is 19.7 Å². The second-order valence-corrected chi connectivity index (χ2v) is 5.34. The van der Waals surface area contributed by atoms with Crippen molar-refractivity contribution in [2.45, 2.75) is 13.0 Å². The molecule has 110 valence electrons. The van der Waals surface area contributed by atoms with Gasteiger partial charge in [-0.2, -0.15) is 0 Å². The summed E-state index contributed by atoms with van der Waals surface area (Å²) >= 11 is 0. The molecule has 0 aliphatic carbocycles. The molecule has 1 aromatic heterocycles. The Morgan fingerprint density at radius 3 is 3.00 bits per heavy atom. The summed E-state index contributed by atoms with van der Waals surface area (Å²) in [6, 6.07) is 6.96. The molecule has 0 spiro atoms. The third-order valence-electron chi connectivity index (χ3n) is 3.73. The zero-order chi connectivity index (χ0) is 14.5. The first-order chi connectivity index (χ1) is 10.3. The van der Waals surface area contributed by atoms with Crippen LogP contribution in [0.3, 0.4) is 0 Å². The summed E-state index contributed by atoms with van der Waals surface area (Å²) in [5.41, 5.74) is 0.757. The van der Waals surface area contributed by atoms with Gasteiger partial charge in [-0.25, -0.2) is 9.37 Å². The van der Waals surface area contributed by atoms with Crippen LogP contribution in [-0.4, -0.2) is 34.6 Å². The van der Waals surface area contributed by atoms with Gasteiger partial charge in [0.2, 0.25) is 5.88 Å². The Labute approximate surface area is 123 Å². The van der Waals surface area contributed by atoms with Crippen molar-refractivity contribution in [1.29, 1.82) is 0 Å². The van der Waals surface area contributed by atoms with Crippen LogP contribution >= 0.6 is 0 Å². The van der Waals surface area contributed by atoms with Gasteiger partial charge in [-0.05, 0) is 19.0 Å². The number of hydrogen-bond acceptors (Lipinski definition) is 4. The summed E-state index contributed by atoms with van der Waals surface area (Å²) < 4.78 is 19.3. The van der Waals surface area contributed by atoms with E-state index < -0.39 is 0 Å². The minimum Gasteiger partial charge on any atom is -0.476 e. The van der Waals surface area contributed by atoms with Crippen LogP contribution in [-0.2, 0) is 6.54 Å². The second kappa shape index (κ2) is 6.63. The molecule has 1 aliphatic heterocycles. The van der Waals surface area contributed by atoms with E-state index in [9.17, 15) is 4.39 Å². The van der Waals surface area contributed by atoms with E-state index in [0.29, 0.717) is 24.9 Å². The second-order valence-electron chi connectivity index (χ2n) is 5.34. The van der Waals surface area contributed by atoms with E-state index >= 15 is 0 Å². The van der Waals surface area contributed by atoms with Gasteiger partial charge >= 0.3 is 0 Å². The third kappa shape index (κ3) is 3.76. The zero-order valence-corrected chi connectivity index (χ0v) is 11.8. The summed E-state index contributed by atoms with van der Waals surface area (Å²) in [7, 11) is 0. The summed E-state index contributed by atoms with van der Waals surface area (Å²) in [6.07, 6.45) is 5.92. The van der Waals surface area contributed by atoms with Crippen LogP contribution in [0.5, 0.6) is 5.88 Å². The van der Waals surface area contributed by atoms with E-state index in [0.717, 1.165) is 25.1 Å². The Kier molecular flexibility index (Phi) is 4.40. The maximum Gasteiger partial charge on any atom is 0.232 e. The standard InChI is InChI=1S/C16H18FN3O/c17-15-4-2-1-3-14(15)11-20-8-5-13(10-20)12-21-16-9-18-6-7-19-16/h1-4,6-7,9,13H,5,8,10-12H2. The average molecular weight is 287 g/mol. The Bertz CT molecular complexity index is 579. The SMILES string of the molecule is Fc1ccccc1CN1CCC(COc2cnccn2)C1. The Balaban J connectivity index is 1.48. The van der Waals surface area contributed by atoms with Gasteiger partial charge in [0.1, 0.15) is 5.82 Å². The molecule has 2 aromatic rings. The molecule has 0 bridgehead atoms. The van der Waals surface area contributed by atoms with Crippen LogP contribution in [0.25, 0.3) is 0 Å². The molecule has 0 radical (unpaired) electrons. The molecule has 0 saturated carbocycles. The molecule has 1 aromatic carbocycles. The van der Waals surface area contributed by atoms with Crippen molar-refractivity contribution < 1.29 is 9.13 Å². The highest BCUT2D eigenvalue weighted by Crippen LogP contribution is 2.20. The normalized spacial score (nSPS) is 18.8.